The molecule has 1 amide bonds. The molecule has 1 aromatic rings. The van der Waals surface area contributed by atoms with Crippen molar-refractivity contribution in [3.8, 4) is 0 Å². The summed E-state index contributed by atoms with van der Waals surface area (Å²) < 4.78 is 0. The van der Waals surface area contributed by atoms with Gasteiger partial charge in [0.05, 0.1) is 5.37 Å². The second-order valence-corrected chi connectivity index (χ2v) is 6.83. The quantitative estimate of drug-likeness (QED) is 0.352. The highest BCUT2D eigenvalue weighted by atomic mass is 32.2. The van der Waals surface area contributed by atoms with Gasteiger partial charge in [-0.05, 0) is 37.5 Å². The van der Waals surface area contributed by atoms with Crippen molar-refractivity contribution < 1.29 is 9.90 Å². The molecule has 118 valence electrons. The van der Waals surface area contributed by atoms with Crippen LogP contribution < -0.4 is 5.32 Å². The zero-order valence-electron chi connectivity index (χ0n) is 12.5. The maximum absolute atomic E-state index is 12.0. The van der Waals surface area contributed by atoms with Crippen LogP contribution in [0.5, 0.6) is 0 Å². The minimum Gasteiger partial charge on any atom is -0.396 e. The molecule has 0 saturated heterocycles. The number of hydrogen-bond donors (Lipinski definition) is 3. The summed E-state index contributed by atoms with van der Waals surface area (Å²) >= 11 is 6.16. The molecule has 0 spiro atoms. The molecule has 0 radical (unpaired) electrons. The van der Waals surface area contributed by atoms with E-state index in [1.165, 1.54) is 5.56 Å². The van der Waals surface area contributed by atoms with Gasteiger partial charge in [-0.3, -0.25) is 4.79 Å². The van der Waals surface area contributed by atoms with E-state index in [-0.39, 0.29) is 23.1 Å². The van der Waals surface area contributed by atoms with Crippen LogP contribution in [0.1, 0.15) is 31.2 Å². The molecule has 1 rings (SSSR count). The lowest BCUT2D eigenvalue weighted by molar-refractivity contribution is -0.121. The Kier molecular flexibility index (Phi) is 9.63. The summed E-state index contributed by atoms with van der Waals surface area (Å²) in [7, 11) is 0. The molecule has 5 heteroatoms. The van der Waals surface area contributed by atoms with Crippen LogP contribution in [0.15, 0.2) is 30.3 Å². The van der Waals surface area contributed by atoms with E-state index in [0.29, 0.717) is 6.42 Å². The standard InChI is InChI=1S/C16H25NO2S2/c1-21-16(9-5-6-10-18)17-15(19)12-14(20)11-13-7-3-2-4-8-13/h2-4,7-8,14,16,18,20H,5-6,9-12H2,1H3,(H,17,19). The summed E-state index contributed by atoms with van der Waals surface area (Å²) in [5.41, 5.74) is 1.20. The van der Waals surface area contributed by atoms with Crippen LogP contribution in [0.25, 0.3) is 0 Å². The van der Waals surface area contributed by atoms with Crippen LogP contribution in [0, 0.1) is 0 Å². The molecule has 0 bridgehead atoms. The summed E-state index contributed by atoms with van der Waals surface area (Å²) in [5.74, 6) is 0.0503. The third kappa shape index (κ3) is 8.39. The number of amides is 1. The number of hydrogen-bond acceptors (Lipinski definition) is 4. The Balaban J connectivity index is 2.30. The number of thioether (sulfide) groups is 1. The summed E-state index contributed by atoms with van der Waals surface area (Å²) in [6.45, 7) is 0.213. The van der Waals surface area contributed by atoms with Gasteiger partial charge >= 0.3 is 0 Å². The van der Waals surface area contributed by atoms with Crippen LogP contribution in [-0.2, 0) is 11.2 Å². The van der Waals surface area contributed by atoms with E-state index in [9.17, 15) is 4.79 Å². The van der Waals surface area contributed by atoms with Crippen LogP contribution >= 0.6 is 24.4 Å². The van der Waals surface area contributed by atoms with Gasteiger partial charge in [0.15, 0.2) is 0 Å². The number of rotatable bonds is 10. The number of aliphatic hydroxyl groups is 1. The lowest BCUT2D eigenvalue weighted by atomic mass is 10.1. The van der Waals surface area contributed by atoms with Crippen molar-refractivity contribution in [2.24, 2.45) is 0 Å². The second-order valence-electron chi connectivity index (χ2n) is 5.06. The third-order valence-electron chi connectivity index (χ3n) is 3.22. The maximum atomic E-state index is 12.0. The second kappa shape index (κ2) is 11.0. The molecule has 0 heterocycles. The van der Waals surface area contributed by atoms with Crippen LogP contribution in [0.2, 0.25) is 0 Å². The van der Waals surface area contributed by atoms with Crippen LogP contribution in [0.4, 0.5) is 0 Å². The molecular formula is C16H25NO2S2. The fourth-order valence-electron chi connectivity index (χ4n) is 2.10. The minimum atomic E-state index is 0.0346. The Morgan fingerprint density at radius 3 is 2.67 bits per heavy atom. The Labute approximate surface area is 137 Å². The van der Waals surface area contributed by atoms with Crippen molar-refractivity contribution in [2.75, 3.05) is 12.9 Å². The van der Waals surface area contributed by atoms with Gasteiger partial charge in [0, 0.05) is 18.3 Å². The van der Waals surface area contributed by atoms with Crippen molar-refractivity contribution in [2.45, 2.75) is 42.7 Å². The number of unbranched alkanes of at least 4 members (excludes halogenated alkanes) is 1. The predicted octanol–water partition coefficient (Wildman–Crippen LogP) is 2.89. The third-order valence-corrected chi connectivity index (χ3v) is 4.50. The zero-order valence-corrected chi connectivity index (χ0v) is 14.2. The number of benzene rings is 1. The van der Waals surface area contributed by atoms with E-state index >= 15 is 0 Å². The van der Waals surface area contributed by atoms with Gasteiger partial charge in [-0.15, -0.1) is 11.8 Å². The largest absolute Gasteiger partial charge is 0.396 e. The molecule has 0 aliphatic carbocycles. The van der Waals surface area contributed by atoms with E-state index in [4.69, 9.17) is 5.11 Å². The highest BCUT2D eigenvalue weighted by Gasteiger charge is 2.14. The van der Waals surface area contributed by atoms with Crippen molar-refractivity contribution >= 4 is 30.3 Å². The summed E-state index contributed by atoms with van der Waals surface area (Å²) in [4.78, 5) is 12.0. The Morgan fingerprint density at radius 2 is 2.05 bits per heavy atom. The van der Waals surface area contributed by atoms with Gasteiger partial charge in [-0.2, -0.15) is 12.6 Å². The van der Waals surface area contributed by atoms with E-state index in [1.54, 1.807) is 11.8 Å². The average molecular weight is 328 g/mol. The number of aliphatic hydroxyl groups excluding tert-OH is 1. The predicted molar refractivity (Wildman–Crippen MR) is 93.9 cm³/mol. The topological polar surface area (TPSA) is 49.3 Å². The van der Waals surface area contributed by atoms with Crippen molar-refractivity contribution in [3.05, 3.63) is 35.9 Å². The lowest BCUT2D eigenvalue weighted by Crippen LogP contribution is -2.34. The SMILES string of the molecule is CSC(CCCCO)NC(=O)CC(S)Cc1ccccc1. The highest BCUT2D eigenvalue weighted by molar-refractivity contribution is 7.99. The molecule has 0 aromatic heterocycles. The molecule has 0 aliphatic rings. The number of thiol groups is 1. The normalized spacial score (nSPS) is 13.7. The number of carbonyl (C=O) groups excluding carboxylic acids is 1. The Bertz CT molecular complexity index is 401. The van der Waals surface area contributed by atoms with E-state index < -0.39 is 0 Å². The van der Waals surface area contributed by atoms with E-state index in [1.807, 2.05) is 24.5 Å². The smallest absolute Gasteiger partial charge is 0.221 e. The van der Waals surface area contributed by atoms with Crippen LogP contribution in [0.3, 0.4) is 0 Å². The molecule has 2 N–H and O–H groups in total. The molecule has 0 saturated carbocycles. The lowest BCUT2D eigenvalue weighted by Gasteiger charge is -2.18. The van der Waals surface area contributed by atoms with Crippen molar-refractivity contribution in [1.29, 1.82) is 0 Å². The van der Waals surface area contributed by atoms with Gasteiger partial charge in [-0.25, -0.2) is 0 Å². The first-order chi connectivity index (χ1) is 10.2. The molecule has 21 heavy (non-hydrogen) atoms. The Hall–Kier alpha value is -0.650. The van der Waals surface area contributed by atoms with Crippen molar-refractivity contribution in [1.82, 2.24) is 5.32 Å². The fraction of sp³-hybridized carbons (Fsp3) is 0.562. The number of carbonyl (C=O) groups is 1. The molecule has 0 fully saturated rings. The van der Waals surface area contributed by atoms with Gasteiger partial charge in [0.2, 0.25) is 5.91 Å². The fourth-order valence-corrected chi connectivity index (χ4v) is 3.13. The minimum absolute atomic E-state index is 0.0346. The van der Waals surface area contributed by atoms with Gasteiger partial charge in [0.25, 0.3) is 0 Å². The molecule has 3 nitrogen and oxygen atoms in total. The van der Waals surface area contributed by atoms with Gasteiger partial charge < -0.3 is 10.4 Å². The number of nitrogens with one attached hydrogen (secondary N) is 1. The van der Waals surface area contributed by atoms with Crippen molar-refractivity contribution in [3.63, 3.8) is 0 Å². The van der Waals surface area contributed by atoms with Crippen LogP contribution in [-0.4, -0.2) is 34.5 Å². The first-order valence-electron chi connectivity index (χ1n) is 7.30. The zero-order chi connectivity index (χ0) is 15.5. The molecule has 2 atom stereocenters. The maximum Gasteiger partial charge on any atom is 0.221 e. The first-order valence-corrected chi connectivity index (χ1v) is 9.11. The van der Waals surface area contributed by atoms with Gasteiger partial charge in [0.1, 0.15) is 0 Å². The summed E-state index contributed by atoms with van der Waals surface area (Å²) in [5, 5.41) is 12.0. The molecule has 0 aliphatic heterocycles. The molecule has 1 aromatic carbocycles. The summed E-state index contributed by atoms with van der Waals surface area (Å²) in [6, 6.07) is 10.1. The molecule has 2 unspecified atom stereocenters. The highest BCUT2D eigenvalue weighted by Crippen LogP contribution is 2.14. The summed E-state index contributed by atoms with van der Waals surface area (Å²) in [6.07, 6.45) is 5.82. The Morgan fingerprint density at radius 1 is 1.33 bits per heavy atom. The first kappa shape index (κ1) is 18.4. The van der Waals surface area contributed by atoms with E-state index in [2.05, 4.69) is 30.1 Å². The molecular weight excluding hydrogens is 302 g/mol. The van der Waals surface area contributed by atoms with Gasteiger partial charge in [-0.1, -0.05) is 30.3 Å². The average Bonchev–Trinajstić information content (AvgIpc) is 2.47. The van der Waals surface area contributed by atoms with E-state index in [0.717, 1.165) is 25.7 Å². The monoisotopic (exact) mass is 327 g/mol.